The van der Waals surface area contributed by atoms with E-state index in [0.717, 1.165) is 12.3 Å². The number of nitrogens with one attached hydrogen (secondary N) is 2. The maximum atomic E-state index is 12.1. The molecule has 106 valence electrons. The van der Waals surface area contributed by atoms with Gasteiger partial charge in [-0.2, -0.15) is 0 Å². The van der Waals surface area contributed by atoms with Crippen LogP contribution in [0.4, 0.5) is 5.69 Å². The zero-order chi connectivity index (χ0) is 14.8. The Morgan fingerprint density at radius 1 is 1.25 bits per heavy atom. The lowest BCUT2D eigenvalue weighted by Gasteiger charge is -2.10. The van der Waals surface area contributed by atoms with E-state index in [-0.39, 0.29) is 10.5 Å². The van der Waals surface area contributed by atoms with E-state index in [4.69, 9.17) is 4.74 Å². The van der Waals surface area contributed by atoms with Crippen molar-refractivity contribution in [1.82, 2.24) is 4.98 Å². The van der Waals surface area contributed by atoms with E-state index in [1.54, 1.807) is 18.2 Å². The molecule has 1 aromatic heterocycles. The van der Waals surface area contributed by atoms with Crippen molar-refractivity contribution in [3.8, 4) is 5.75 Å². The van der Waals surface area contributed by atoms with Gasteiger partial charge in [0.25, 0.3) is 10.0 Å². The number of halogens is 1. The molecular formula is C12H11BrN2O4S. The van der Waals surface area contributed by atoms with Crippen LogP contribution in [0.3, 0.4) is 0 Å². The van der Waals surface area contributed by atoms with Gasteiger partial charge in [-0.3, -0.25) is 9.52 Å². The van der Waals surface area contributed by atoms with E-state index in [1.807, 2.05) is 0 Å². The summed E-state index contributed by atoms with van der Waals surface area (Å²) in [5, 5.41) is 0. The van der Waals surface area contributed by atoms with Gasteiger partial charge in [0.05, 0.1) is 17.3 Å². The number of H-pyrrole nitrogens is 1. The van der Waals surface area contributed by atoms with Gasteiger partial charge in [0.1, 0.15) is 10.6 Å². The minimum absolute atomic E-state index is 0.0287. The van der Waals surface area contributed by atoms with Crippen molar-refractivity contribution in [3.05, 3.63) is 51.4 Å². The average molecular weight is 359 g/mol. The Hall–Kier alpha value is -1.80. The SMILES string of the molecule is COc1cc(NS(=O)(=O)c2ccc(=O)[nH]c2)ccc1Br. The molecule has 0 aliphatic rings. The van der Waals surface area contributed by atoms with E-state index >= 15 is 0 Å². The van der Waals surface area contributed by atoms with Crippen molar-refractivity contribution < 1.29 is 13.2 Å². The van der Waals surface area contributed by atoms with Crippen LogP contribution >= 0.6 is 15.9 Å². The Balaban J connectivity index is 2.33. The van der Waals surface area contributed by atoms with Gasteiger partial charge in [0, 0.05) is 18.3 Å². The number of anilines is 1. The third kappa shape index (κ3) is 3.20. The van der Waals surface area contributed by atoms with Gasteiger partial charge in [-0.05, 0) is 34.1 Å². The van der Waals surface area contributed by atoms with Crippen LogP contribution in [0.25, 0.3) is 0 Å². The highest BCUT2D eigenvalue weighted by Gasteiger charge is 2.15. The Morgan fingerprint density at radius 2 is 2.00 bits per heavy atom. The van der Waals surface area contributed by atoms with E-state index in [2.05, 4.69) is 25.6 Å². The number of hydrogen-bond acceptors (Lipinski definition) is 4. The van der Waals surface area contributed by atoms with Crippen LogP contribution < -0.4 is 15.0 Å². The third-order valence-corrected chi connectivity index (χ3v) is 4.50. The van der Waals surface area contributed by atoms with Gasteiger partial charge in [-0.1, -0.05) is 0 Å². The predicted octanol–water partition coefficient (Wildman–Crippen LogP) is 1.95. The standard InChI is InChI=1S/C12H11BrN2O4S/c1-19-11-6-8(2-4-10(11)13)15-20(17,18)9-3-5-12(16)14-7-9/h2-7,15H,1H3,(H,14,16). The van der Waals surface area contributed by atoms with Crippen LogP contribution in [0, 0.1) is 0 Å². The molecule has 0 atom stereocenters. The second kappa shape index (κ2) is 5.68. The topological polar surface area (TPSA) is 88.3 Å². The molecular weight excluding hydrogens is 348 g/mol. The second-order valence-corrected chi connectivity index (χ2v) is 6.38. The first-order chi connectivity index (χ1) is 9.42. The van der Waals surface area contributed by atoms with Crippen LogP contribution in [-0.2, 0) is 10.0 Å². The first kappa shape index (κ1) is 14.6. The monoisotopic (exact) mass is 358 g/mol. The zero-order valence-electron chi connectivity index (χ0n) is 10.4. The van der Waals surface area contributed by atoms with Gasteiger partial charge >= 0.3 is 0 Å². The molecule has 0 radical (unpaired) electrons. The van der Waals surface area contributed by atoms with Gasteiger partial charge in [0.2, 0.25) is 5.56 Å². The predicted molar refractivity (Wildman–Crippen MR) is 78.6 cm³/mol. The molecule has 0 bridgehead atoms. The quantitative estimate of drug-likeness (QED) is 0.873. The van der Waals surface area contributed by atoms with Crippen LogP contribution in [0.5, 0.6) is 5.75 Å². The van der Waals surface area contributed by atoms with Crippen molar-refractivity contribution in [2.24, 2.45) is 0 Å². The summed E-state index contributed by atoms with van der Waals surface area (Å²) in [5.41, 5.74) is -0.00879. The highest BCUT2D eigenvalue weighted by molar-refractivity contribution is 9.10. The number of aromatic nitrogens is 1. The fourth-order valence-electron chi connectivity index (χ4n) is 1.50. The Kier molecular flexibility index (Phi) is 4.15. The third-order valence-electron chi connectivity index (χ3n) is 2.47. The number of pyridine rings is 1. The molecule has 0 saturated heterocycles. The number of hydrogen-bond donors (Lipinski definition) is 2. The molecule has 8 heteroatoms. The average Bonchev–Trinajstić information content (AvgIpc) is 2.41. The molecule has 6 nitrogen and oxygen atoms in total. The Labute approximate surface area is 124 Å². The lowest BCUT2D eigenvalue weighted by atomic mass is 10.3. The maximum Gasteiger partial charge on any atom is 0.263 e. The van der Waals surface area contributed by atoms with Crippen LogP contribution in [-0.4, -0.2) is 20.5 Å². The van der Waals surface area contributed by atoms with Crippen molar-refractivity contribution in [3.63, 3.8) is 0 Å². The smallest absolute Gasteiger partial charge is 0.263 e. The van der Waals surface area contributed by atoms with Crippen LogP contribution in [0.15, 0.2) is 50.7 Å². The molecule has 1 heterocycles. The van der Waals surface area contributed by atoms with Crippen LogP contribution in [0.2, 0.25) is 0 Å². The molecule has 2 rings (SSSR count). The Bertz CT molecular complexity index is 766. The molecule has 2 aromatic rings. The molecule has 20 heavy (non-hydrogen) atoms. The minimum atomic E-state index is -3.76. The summed E-state index contributed by atoms with van der Waals surface area (Å²) in [4.78, 5) is 13.2. The van der Waals surface area contributed by atoms with Crippen molar-refractivity contribution in [2.45, 2.75) is 4.90 Å². The molecule has 0 unspecified atom stereocenters. The summed E-state index contributed by atoms with van der Waals surface area (Å²) in [6, 6.07) is 7.20. The molecule has 0 aliphatic carbocycles. The molecule has 0 aliphatic heterocycles. The lowest BCUT2D eigenvalue weighted by Crippen LogP contribution is -2.15. The van der Waals surface area contributed by atoms with Crippen molar-refractivity contribution in [2.75, 3.05) is 11.8 Å². The fraction of sp³-hybridized carbons (Fsp3) is 0.0833. The highest BCUT2D eigenvalue weighted by atomic mass is 79.9. The normalized spacial score (nSPS) is 11.1. The number of methoxy groups -OCH3 is 1. The zero-order valence-corrected chi connectivity index (χ0v) is 12.8. The molecule has 0 saturated carbocycles. The largest absolute Gasteiger partial charge is 0.495 e. The first-order valence-corrected chi connectivity index (χ1v) is 7.75. The molecule has 1 aromatic carbocycles. The van der Waals surface area contributed by atoms with Gasteiger partial charge in [-0.15, -0.1) is 0 Å². The Morgan fingerprint density at radius 3 is 2.60 bits per heavy atom. The second-order valence-electron chi connectivity index (χ2n) is 3.84. The number of benzene rings is 1. The molecule has 2 N–H and O–H groups in total. The molecule has 0 fully saturated rings. The van der Waals surface area contributed by atoms with Gasteiger partial charge in [0.15, 0.2) is 0 Å². The maximum absolute atomic E-state index is 12.1. The van der Waals surface area contributed by atoms with Gasteiger partial charge in [-0.25, -0.2) is 8.42 Å². The van der Waals surface area contributed by atoms with E-state index in [0.29, 0.717) is 15.9 Å². The van der Waals surface area contributed by atoms with Gasteiger partial charge < -0.3 is 9.72 Å². The number of rotatable bonds is 4. The fourth-order valence-corrected chi connectivity index (χ4v) is 2.93. The summed E-state index contributed by atoms with van der Waals surface area (Å²) in [6.45, 7) is 0. The molecule has 0 amide bonds. The van der Waals surface area contributed by atoms with E-state index in [9.17, 15) is 13.2 Å². The van der Waals surface area contributed by atoms with Crippen LogP contribution in [0.1, 0.15) is 0 Å². The number of sulfonamides is 1. The lowest BCUT2D eigenvalue weighted by molar-refractivity contribution is 0.412. The minimum Gasteiger partial charge on any atom is -0.495 e. The van der Waals surface area contributed by atoms with Crippen molar-refractivity contribution in [1.29, 1.82) is 0 Å². The van der Waals surface area contributed by atoms with Crippen molar-refractivity contribution >= 4 is 31.6 Å². The summed E-state index contributed by atoms with van der Waals surface area (Å²) >= 11 is 3.28. The first-order valence-electron chi connectivity index (χ1n) is 5.47. The number of aromatic amines is 1. The summed E-state index contributed by atoms with van der Waals surface area (Å²) in [6.07, 6.45) is 1.14. The highest BCUT2D eigenvalue weighted by Crippen LogP contribution is 2.28. The molecule has 0 spiro atoms. The summed E-state index contributed by atoms with van der Waals surface area (Å²) in [5.74, 6) is 0.506. The van der Waals surface area contributed by atoms with E-state index in [1.165, 1.54) is 13.2 Å². The summed E-state index contributed by atoms with van der Waals surface area (Å²) in [7, 11) is -2.27. The van der Waals surface area contributed by atoms with E-state index < -0.39 is 10.0 Å². The number of ether oxygens (including phenoxy) is 1. The summed E-state index contributed by atoms with van der Waals surface area (Å²) < 4.78 is 32.4.